The smallest absolute Gasteiger partial charge is 0.235 e. The summed E-state index contributed by atoms with van der Waals surface area (Å²) in [6.07, 6.45) is 8.79. The summed E-state index contributed by atoms with van der Waals surface area (Å²) in [5.41, 5.74) is 4.48. The highest BCUT2D eigenvalue weighted by Gasteiger charge is 2.44. The third-order valence-electron chi connectivity index (χ3n) is 14.0. The molecule has 5 aromatic rings. The average Bonchev–Trinajstić information content (AvgIpc) is 3.26. The summed E-state index contributed by atoms with van der Waals surface area (Å²) in [4.78, 5) is 39.2. The van der Waals surface area contributed by atoms with Crippen LogP contribution in [-0.4, -0.2) is 29.4 Å². The molecular formula is C58H61N5O4. The number of anilines is 3. The first-order chi connectivity index (χ1) is 32.0. The number of hydrogen-bond acceptors (Lipinski definition) is 7. The minimum atomic E-state index is -0.726. The van der Waals surface area contributed by atoms with Crippen LogP contribution in [0, 0.1) is 23.7 Å². The number of para-hydroxylation sites is 1. The number of fused-ring (bicyclic) bond motifs is 1. The Kier molecular flexibility index (Phi) is 10.7. The van der Waals surface area contributed by atoms with E-state index >= 15 is 0 Å². The van der Waals surface area contributed by atoms with Gasteiger partial charge >= 0.3 is 0 Å². The highest BCUT2D eigenvalue weighted by molar-refractivity contribution is 6.52. The number of rotatable bonds is 11. The maximum atomic E-state index is 15.0. The van der Waals surface area contributed by atoms with E-state index in [-0.39, 0.29) is 57.2 Å². The van der Waals surface area contributed by atoms with E-state index in [0.717, 1.165) is 62.4 Å². The van der Waals surface area contributed by atoms with Crippen molar-refractivity contribution >= 4 is 73.0 Å². The van der Waals surface area contributed by atoms with Gasteiger partial charge in [0.15, 0.2) is 11.6 Å². The van der Waals surface area contributed by atoms with Gasteiger partial charge in [0.2, 0.25) is 22.0 Å². The molecule has 0 spiro atoms. The Labute approximate surface area is 392 Å². The van der Waals surface area contributed by atoms with E-state index in [9.17, 15) is 19.8 Å². The standard InChI is InChI=1S/C58H61N5O4/c1-10-63-38(22-18-35-14-11-12-17-44(35)63)26-42-53(64)47(54(42)65)39-24-20-37-21-25-41(52-46(37)51(39)61-58(62-52,29-33(6)7)30-34(8)9)49-55(66)48(56(49)67)40-23-19-36-15-13-16-43-45(36)50(40)60-57(59-43,27-31(2)3)28-32(4)5/h11-26,31-34,59,62,64,66H,10,27-30H2,1-9H3/b38-26+,47-39-,48-40-. The zero-order chi connectivity index (χ0) is 47.3. The summed E-state index contributed by atoms with van der Waals surface area (Å²) in [7, 11) is 0. The first-order valence-corrected chi connectivity index (χ1v) is 24.2. The normalized spacial score (nSPS) is 20.1. The molecule has 0 amide bonds. The van der Waals surface area contributed by atoms with Gasteiger partial charge in [0, 0.05) is 71.5 Å². The first kappa shape index (κ1) is 44.1. The van der Waals surface area contributed by atoms with Gasteiger partial charge in [-0.25, -0.2) is 9.98 Å². The summed E-state index contributed by atoms with van der Waals surface area (Å²) in [6, 6.07) is 25.9. The highest BCUT2D eigenvalue weighted by Crippen LogP contribution is 2.42. The number of ketones is 2. The van der Waals surface area contributed by atoms with Gasteiger partial charge in [-0.2, -0.15) is 0 Å². The van der Waals surface area contributed by atoms with Crippen LogP contribution in [0.2, 0.25) is 0 Å². The first-order valence-electron chi connectivity index (χ1n) is 24.2. The van der Waals surface area contributed by atoms with Crippen LogP contribution in [-0.2, 0) is 9.59 Å². The van der Waals surface area contributed by atoms with Crippen molar-refractivity contribution in [3.63, 3.8) is 0 Å². The van der Waals surface area contributed by atoms with Crippen molar-refractivity contribution in [3.05, 3.63) is 146 Å². The molecule has 0 saturated carbocycles. The van der Waals surface area contributed by atoms with Crippen molar-refractivity contribution in [3.8, 4) is 0 Å². The second-order valence-corrected chi connectivity index (χ2v) is 21.1. The lowest BCUT2D eigenvalue weighted by Crippen LogP contribution is -2.96. The van der Waals surface area contributed by atoms with E-state index < -0.39 is 11.3 Å². The molecule has 0 atom stereocenters. The molecule has 5 aliphatic rings. The predicted octanol–water partition coefficient (Wildman–Crippen LogP) is 4.11. The number of carbonyl (C=O) groups excluding carboxylic acids is 2. The van der Waals surface area contributed by atoms with Crippen LogP contribution in [0.3, 0.4) is 0 Å². The molecule has 9 heteroatoms. The lowest BCUT2D eigenvalue weighted by molar-refractivity contribution is -0.589. The SMILES string of the molecule is CCN1/C(=C/C2=C([O-])C(=c3\ccc4ccc(C5=C([O-])/C(=c6\ccc7cccc8c7c6=[NH+]C(CC(C)C)(CC(C)C)N8)C5=O)c5c4c3=[NH+]C(CC(C)C)(CC(C)C)N5)/C2=O)C=Cc2ccccc21. The molecule has 2 aliphatic carbocycles. The molecule has 0 bridgehead atoms. The fourth-order valence-electron chi connectivity index (χ4n) is 11.9. The summed E-state index contributed by atoms with van der Waals surface area (Å²) in [6.45, 7) is 20.3. The van der Waals surface area contributed by atoms with Gasteiger partial charge in [0.05, 0.1) is 32.6 Å². The van der Waals surface area contributed by atoms with E-state index in [0.29, 0.717) is 58.3 Å². The van der Waals surface area contributed by atoms with E-state index in [1.54, 1.807) is 6.08 Å². The summed E-state index contributed by atoms with van der Waals surface area (Å²) >= 11 is 0. The maximum absolute atomic E-state index is 15.0. The number of benzene rings is 5. The molecule has 0 saturated heterocycles. The molecule has 0 unspecified atom stereocenters. The van der Waals surface area contributed by atoms with Gasteiger partial charge in [0.1, 0.15) is 0 Å². The lowest BCUT2D eigenvalue weighted by Gasteiger charge is -2.37. The zero-order valence-electron chi connectivity index (χ0n) is 40.2. The number of nitrogens with one attached hydrogen (secondary N) is 4. The number of carbonyl (C=O) groups is 2. The zero-order valence-corrected chi connectivity index (χ0v) is 40.2. The molecule has 9 nitrogen and oxygen atoms in total. The fraction of sp³-hybridized carbons (Fsp3) is 0.345. The van der Waals surface area contributed by atoms with Crippen molar-refractivity contribution in [2.75, 3.05) is 22.1 Å². The lowest BCUT2D eigenvalue weighted by atomic mass is 9.79. The van der Waals surface area contributed by atoms with Gasteiger partial charge in [-0.3, -0.25) is 9.59 Å². The van der Waals surface area contributed by atoms with Gasteiger partial charge in [0.25, 0.3) is 0 Å². The van der Waals surface area contributed by atoms with Crippen LogP contribution in [0.1, 0.15) is 99.1 Å². The van der Waals surface area contributed by atoms with E-state index in [1.807, 2.05) is 66.7 Å². The minimum absolute atomic E-state index is 0.137. The number of likely N-dealkylation sites (N-methyl/N-ethyl adjacent to an activating group) is 1. The fourth-order valence-corrected chi connectivity index (χ4v) is 11.9. The second kappa shape index (κ2) is 16.2. The Morgan fingerprint density at radius 2 is 1.18 bits per heavy atom. The topological polar surface area (TPSA) is 136 Å². The maximum Gasteiger partial charge on any atom is 0.235 e. The third-order valence-corrected chi connectivity index (χ3v) is 14.0. The van der Waals surface area contributed by atoms with Gasteiger partial charge in [-0.1, -0.05) is 128 Å². The molecule has 10 rings (SSSR count). The molecule has 342 valence electrons. The highest BCUT2D eigenvalue weighted by atomic mass is 16.3. The monoisotopic (exact) mass is 891 g/mol. The molecule has 3 heterocycles. The number of hydrogen-bond donors (Lipinski definition) is 4. The van der Waals surface area contributed by atoms with E-state index in [1.165, 1.54) is 0 Å². The number of Topliss-reactive ketones (excluding diaryl/α,β-unsaturated/α-hetero) is 2. The molecule has 67 heavy (non-hydrogen) atoms. The van der Waals surface area contributed by atoms with Crippen molar-refractivity contribution in [1.29, 1.82) is 0 Å². The quantitative estimate of drug-likeness (QED) is 0.157. The Bertz CT molecular complexity index is 3360. The second-order valence-electron chi connectivity index (χ2n) is 21.1. The Hall–Kier alpha value is -6.74. The molecule has 3 aliphatic heterocycles. The molecule has 0 radical (unpaired) electrons. The molecule has 5 aromatic carbocycles. The van der Waals surface area contributed by atoms with Crippen LogP contribution in [0.4, 0.5) is 17.1 Å². The van der Waals surface area contributed by atoms with Crippen LogP contribution in [0.15, 0.2) is 114 Å². The molecule has 0 fully saturated rings. The van der Waals surface area contributed by atoms with E-state index in [4.69, 9.17) is 0 Å². The summed E-state index contributed by atoms with van der Waals surface area (Å²) < 4.78 is 0. The summed E-state index contributed by atoms with van der Waals surface area (Å²) in [5.74, 6) is 0.0413. The van der Waals surface area contributed by atoms with Gasteiger partial charge in [-0.05, 0) is 83.3 Å². The largest absolute Gasteiger partial charge is 0.871 e. The Morgan fingerprint density at radius 3 is 1.78 bits per heavy atom. The Morgan fingerprint density at radius 1 is 0.612 bits per heavy atom. The predicted molar refractivity (Wildman–Crippen MR) is 264 cm³/mol. The molecular weight excluding hydrogens is 831 g/mol. The third kappa shape index (κ3) is 7.20. The number of nitrogens with zero attached hydrogens (tertiary/aromatic N) is 1. The van der Waals surface area contributed by atoms with Gasteiger partial charge < -0.3 is 25.7 Å². The van der Waals surface area contributed by atoms with Crippen LogP contribution >= 0.6 is 0 Å². The molecule has 0 aromatic heterocycles. The van der Waals surface area contributed by atoms with Crippen molar-refractivity contribution in [2.45, 2.75) is 99.3 Å². The average molecular weight is 892 g/mol. The molecule has 4 N–H and O–H groups in total. The van der Waals surface area contributed by atoms with E-state index in [2.05, 4.69) is 112 Å². The van der Waals surface area contributed by atoms with Crippen molar-refractivity contribution < 1.29 is 29.8 Å². The van der Waals surface area contributed by atoms with Crippen LogP contribution in [0.5, 0.6) is 0 Å². The van der Waals surface area contributed by atoms with Crippen molar-refractivity contribution in [2.24, 2.45) is 23.7 Å². The van der Waals surface area contributed by atoms with Gasteiger partial charge in [-0.15, -0.1) is 0 Å². The van der Waals surface area contributed by atoms with Crippen LogP contribution in [0.25, 0.3) is 44.3 Å². The summed E-state index contributed by atoms with van der Waals surface area (Å²) in [5, 5.41) is 43.3. The van der Waals surface area contributed by atoms with Crippen LogP contribution < -0.4 is 56.9 Å². The Balaban J connectivity index is 1.20. The number of allylic oxidation sites excluding steroid dienone is 6. The minimum Gasteiger partial charge on any atom is -0.871 e. The van der Waals surface area contributed by atoms with Crippen molar-refractivity contribution in [1.82, 2.24) is 0 Å².